The summed E-state index contributed by atoms with van der Waals surface area (Å²) in [5, 5.41) is 10.6. The van der Waals surface area contributed by atoms with E-state index in [1.54, 1.807) is 19.9 Å². The van der Waals surface area contributed by atoms with Crippen molar-refractivity contribution >= 4 is 11.9 Å². The lowest BCUT2D eigenvalue weighted by molar-refractivity contribution is -0.172. The molecule has 3 rings (SSSR count). The third kappa shape index (κ3) is 2.97. The van der Waals surface area contributed by atoms with E-state index in [-0.39, 0.29) is 37.1 Å². The van der Waals surface area contributed by atoms with Gasteiger partial charge < -0.3 is 14.6 Å². The van der Waals surface area contributed by atoms with E-state index in [1.807, 2.05) is 0 Å². The van der Waals surface area contributed by atoms with Gasteiger partial charge in [0.05, 0.1) is 12.6 Å². The Bertz CT molecular complexity index is 556. The van der Waals surface area contributed by atoms with Gasteiger partial charge in [-0.2, -0.15) is 0 Å². The molecule has 0 aromatic carbocycles. The lowest BCUT2D eigenvalue weighted by atomic mass is 9.85. The van der Waals surface area contributed by atoms with Crippen molar-refractivity contribution in [1.29, 1.82) is 0 Å². The molecule has 0 radical (unpaired) electrons. The number of allylic oxidation sites excluding steroid dienone is 1. The lowest BCUT2D eigenvalue weighted by Gasteiger charge is -2.32. The van der Waals surface area contributed by atoms with E-state index in [1.165, 1.54) is 6.92 Å². The average Bonchev–Trinajstić information content (AvgIpc) is 3.12. The monoisotopic (exact) mass is 337 g/mol. The highest BCUT2D eigenvalue weighted by Crippen LogP contribution is 2.36. The van der Waals surface area contributed by atoms with Crippen LogP contribution in [-0.2, 0) is 19.1 Å². The minimum atomic E-state index is -1.62. The summed E-state index contributed by atoms with van der Waals surface area (Å²) >= 11 is 0. The first-order chi connectivity index (χ1) is 11.3. The van der Waals surface area contributed by atoms with Crippen LogP contribution in [0.2, 0.25) is 0 Å². The maximum absolute atomic E-state index is 12.6. The van der Waals surface area contributed by atoms with Crippen molar-refractivity contribution in [2.24, 2.45) is 11.8 Å². The summed E-state index contributed by atoms with van der Waals surface area (Å²) in [5.41, 5.74) is -1.12. The molecule has 24 heavy (non-hydrogen) atoms. The summed E-state index contributed by atoms with van der Waals surface area (Å²) < 4.78 is 11.3. The molecule has 134 valence electrons. The third-order valence-corrected chi connectivity index (χ3v) is 5.97. The fraction of sp³-hybridized carbons (Fsp3) is 0.778. The van der Waals surface area contributed by atoms with E-state index >= 15 is 0 Å². The first kappa shape index (κ1) is 17.4. The predicted octanol–water partition coefficient (Wildman–Crippen LogP) is 1.27. The Hall–Kier alpha value is -1.40. The fourth-order valence-electron chi connectivity index (χ4n) is 4.11. The van der Waals surface area contributed by atoms with Crippen molar-refractivity contribution < 1.29 is 24.2 Å². The second-order valence-electron chi connectivity index (χ2n) is 7.47. The molecule has 0 saturated carbocycles. The summed E-state index contributed by atoms with van der Waals surface area (Å²) in [6.07, 6.45) is 3.59. The van der Waals surface area contributed by atoms with Gasteiger partial charge in [-0.15, -0.1) is 0 Å². The Labute approximate surface area is 142 Å². The van der Waals surface area contributed by atoms with Gasteiger partial charge in [0.15, 0.2) is 5.60 Å². The largest absolute Gasteiger partial charge is 0.463 e. The molecule has 3 fully saturated rings. The zero-order chi connectivity index (χ0) is 17.5. The topological polar surface area (TPSA) is 76.1 Å². The summed E-state index contributed by atoms with van der Waals surface area (Å²) in [5.74, 6) is -1.23. The van der Waals surface area contributed by atoms with Crippen molar-refractivity contribution in [3.05, 3.63) is 11.6 Å². The molecule has 0 bridgehead atoms. The van der Waals surface area contributed by atoms with Crippen LogP contribution in [0.15, 0.2) is 11.6 Å². The molecule has 0 aromatic rings. The van der Waals surface area contributed by atoms with Crippen LogP contribution in [0.25, 0.3) is 0 Å². The zero-order valence-corrected chi connectivity index (χ0v) is 14.7. The SMILES string of the molecule is C/C=C1/C[C@@H](C)[C@@](C)(O)C(=O)OC[C@@H]2CCN3CC[C@@H](OC1=O)[C@H]23. The number of cyclic esters (lactones) is 1. The van der Waals surface area contributed by atoms with E-state index in [0.717, 1.165) is 25.9 Å². The van der Waals surface area contributed by atoms with Crippen LogP contribution >= 0.6 is 0 Å². The minimum Gasteiger partial charge on any atom is -0.463 e. The van der Waals surface area contributed by atoms with Crippen molar-refractivity contribution in [3.8, 4) is 0 Å². The van der Waals surface area contributed by atoms with Crippen LogP contribution in [0.4, 0.5) is 0 Å². The lowest BCUT2D eigenvalue weighted by Crippen LogP contribution is -2.46. The fourth-order valence-corrected chi connectivity index (χ4v) is 4.11. The predicted molar refractivity (Wildman–Crippen MR) is 87.1 cm³/mol. The first-order valence-electron chi connectivity index (χ1n) is 8.84. The van der Waals surface area contributed by atoms with Gasteiger partial charge in [-0.05, 0) is 45.6 Å². The highest BCUT2D eigenvalue weighted by Gasteiger charge is 2.48. The average molecular weight is 337 g/mol. The summed E-state index contributed by atoms with van der Waals surface area (Å²) in [4.78, 5) is 27.3. The maximum atomic E-state index is 12.6. The quantitative estimate of drug-likeness (QED) is 0.530. The summed E-state index contributed by atoms with van der Waals surface area (Å²) in [6, 6.07) is 0.113. The van der Waals surface area contributed by atoms with E-state index in [9.17, 15) is 14.7 Å². The number of rotatable bonds is 0. The van der Waals surface area contributed by atoms with E-state index in [0.29, 0.717) is 5.57 Å². The molecular weight excluding hydrogens is 310 g/mol. The van der Waals surface area contributed by atoms with Gasteiger partial charge in [0.2, 0.25) is 0 Å². The molecule has 3 heterocycles. The van der Waals surface area contributed by atoms with Crippen molar-refractivity contribution in [2.45, 2.75) is 57.8 Å². The smallest absolute Gasteiger partial charge is 0.338 e. The van der Waals surface area contributed by atoms with Gasteiger partial charge in [0.1, 0.15) is 6.10 Å². The molecule has 6 nitrogen and oxygen atoms in total. The number of hydrogen-bond donors (Lipinski definition) is 1. The number of esters is 2. The van der Waals surface area contributed by atoms with E-state index in [4.69, 9.17) is 9.47 Å². The van der Waals surface area contributed by atoms with E-state index < -0.39 is 17.5 Å². The molecule has 3 saturated heterocycles. The van der Waals surface area contributed by atoms with Gasteiger partial charge in [-0.1, -0.05) is 13.0 Å². The Morgan fingerprint density at radius 3 is 2.71 bits per heavy atom. The molecular formula is C18H27NO5. The number of ether oxygens (including phenoxy) is 2. The Morgan fingerprint density at radius 2 is 2.00 bits per heavy atom. The van der Waals surface area contributed by atoms with Crippen molar-refractivity contribution in [3.63, 3.8) is 0 Å². The second kappa shape index (κ2) is 6.48. The molecule has 5 atom stereocenters. The van der Waals surface area contributed by atoms with Gasteiger partial charge >= 0.3 is 11.9 Å². The van der Waals surface area contributed by atoms with Gasteiger partial charge in [-0.3, -0.25) is 4.90 Å². The van der Waals surface area contributed by atoms with Crippen LogP contribution in [0.1, 0.15) is 40.0 Å². The molecule has 3 aliphatic heterocycles. The number of carbonyl (C=O) groups excluding carboxylic acids is 2. The first-order valence-corrected chi connectivity index (χ1v) is 8.84. The molecule has 0 unspecified atom stereocenters. The van der Waals surface area contributed by atoms with Crippen LogP contribution < -0.4 is 0 Å². The molecule has 0 aromatic heterocycles. The number of nitrogens with zero attached hydrogens (tertiary/aromatic N) is 1. The highest BCUT2D eigenvalue weighted by atomic mass is 16.6. The molecule has 6 heteroatoms. The van der Waals surface area contributed by atoms with Crippen LogP contribution in [0, 0.1) is 11.8 Å². The van der Waals surface area contributed by atoms with Crippen LogP contribution in [-0.4, -0.2) is 59.4 Å². The van der Waals surface area contributed by atoms with Crippen LogP contribution in [0.5, 0.6) is 0 Å². The van der Waals surface area contributed by atoms with Gasteiger partial charge in [-0.25, -0.2) is 9.59 Å². The van der Waals surface area contributed by atoms with Crippen molar-refractivity contribution in [2.75, 3.05) is 19.7 Å². The zero-order valence-electron chi connectivity index (χ0n) is 14.7. The molecule has 0 amide bonds. The Morgan fingerprint density at radius 1 is 1.29 bits per heavy atom. The Kier molecular flexibility index (Phi) is 4.71. The standard InChI is InChI=1S/C18H27NO5/c1-4-12-9-11(2)18(3,22)17(21)23-10-13-5-7-19-8-6-14(15(13)19)24-16(12)20/h4,11,13-15,22H,5-10H2,1-3H3/b12-4-/t11-,13+,14-,15+,18-/m1/s1. The number of carbonyl (C=O) groups is 2. The minimum absolute atomic E-state index is 0.113. The van der Waals surface area contributed by atoms with Crippen molar-refractivity contribution in [1.82, 2.24) is 4.90 Å². The molecule has 3 aliphatic rings. The maximum Gasteiger partial charge on any atom is 0.338 e. The molecule has 1 N–H and O–H groups in total. The summed E-state index contributed by atoms with van der Waals surface area (Å²) in [6.45, 7) is 7.11. The van der Waals surface area contributed by atoms with Gasteiger partial charge in [0, 0.05) is 18.0 Å². The molecule has 0 spiro atoms. The number of aliphatic hydroxyl groups is 1. The van der Waals surface area contributed by atoms with E-state index in [2.05, 4.69) is 4.90 Å². The highest BCUT2D eigenvalue weighted by molar-refractivity contribution is 5.89. The molecule has 0 aliphatic carbocycles. The second-order valence-corrected chi connectivity index (χ2v) is 7.47. The Balaban J connectivity index is 1.89. The normalized spacial score (nSPS) is 42.9. The van der Waals surface area contributed by atoms with Crippen LogP contribution in [0.3, 0.4) is 0 Å². The third-order valence-electron chi connectivity index (χ3n) is 5.97. The van der Waals surface area contributed by atoms with Gasteiger partial charge in [0.25, 0.3) is 0 Å². The summed E-state index contributed by atoms with van der Waals surface area (Å²) in [7, 11) is 0. The number of hydrogen-bond acceptors (Lipinski definition) is 6.